The van der Waals surface area contributed by atoms with Crippen LogP contribution in [0, 0.1) is 5.92 Å². The lowest BCUT2D eigenvalue weighted by Crippen LogP contribution is -2.48. The normalized spacial score (nSPS) is 24.7. The fourth-order valence-corrected chi connectivity index (χ4v) is 7.44. The molecule has 0 aromatic heterocycles. The third-order valence-electron chi connectivity index (χ3n) is 7.52. The Morgan fingerprint density at radius 3 is 1.41 bits per heavy atom. The van der Waals surface area contributed by atoms with Gasteiger partial charge in [0.1, 0.15) is 0 Å². The van der Waals surface area contributed by atoms with Crippen LogP contribution in [0.25, 0.3) is 0 Å². The zero-order chi connectivity index (χ0) is 19.8. The van der Waals surface area contributed by atoms with Crippen molar-refractivity contribution in [2.75, 3.05) is 0 Å². The minimum atomic E-state index is -0.226. The van der Waals surface area contributed by atoms with E-state index in [4.69, 9.17) is 34.8 Å². The Kier molecular flexibility index (Phi) is 4.11. The first-order chi connectivity index (χ1) is 14.2. The molecular formula is C26H21Cl3. The maximum Gasteiger partial charge on any atom is 0.0490 e. The third kappa shape index (κ3) is 2.23. The molecule has 0 spiro atoms. The maximum absolute atomic E-state index is 6.89. The Labute approximate surface area is 186 Å². The Morgan fingerprint density at radius 2 is 1.00 bits per heavy atom. The molecule has 0 N–H and O–H groups in total. The van der Waals surface area contributed by atoms with Crippen LogP contribution in [-0.2, 0) is 5.41 Å². The van der Waals surface area contributed by atoms with Crippen molar-refractivity contribution in [2.24, 2.45) is 5.92 Å². The molecule has 0 aliphatic heterocycles. The second-order valence-electron chi connectivity index (χ2n) is 8.68. The van der Waals surface area contributed by atoms with E-state index in [1.807, 2.05) is 18.2 Å². The molecule has 3 heteroatoms. The molecule has 0 saturated heterocycles. The largest absolute Gasteiger partial charge is 0.0840 e. The molecule has 1 fully saturated rings. The first-order valence-corrected chi connectivity index (χ1v) is 11.7. The molecule has 0 atom stereocenters. The molecule has 0 heterocycles. The number of hydrogen-bond acceptors (Lipinski definition) is 0. The summed E-state index contributed by atoms with van der Waals surface area (Å²) in [5.41, 5.74) is 7.50. The lowest BCUT2D eigenvalue weighted by atomic mass is 9.47. The highest BCUT2D eigenvalue weighted by Crippen LogP contribution is 2.66. The maximum atomic E-state index is 6.89. The SMILES string of the molecule is Clc1cccc2c1C1c3c(Cl)cccc3C2(C2CCCCC2)c2cccc(Cl)c21. The summed E-state index contributed by atoms with van der Waals surface area (Å²) in [4.78, 5) is 0. The number of benzene rings is 3. The standard InChI is InChI=1S/C26H21Cl3/c27-19-12-4-9-16-22(19)25-23-17(10-5-13-20(23)28)26(16,15-7-2-1-3-8-15)18-11-6-14-21(29)24(18)25/h4-6,9-15,25H,1-3,7-8H2. The summed E-state index contributed by atoms with van der Waals surface area (Å²) in [7, 11) is 0. The second kappa shape index (κ2) is 6.51. The molecule has 3 aromatic rings. The molecule has 2 bridgehead atoms. The van der Waals surface area contributed by atoms with Crippen LogP contribution in [0.2, 0.25) is 15.1 Å². The number of rotatable bonds is 1. The molecule has 29 heavy (non-hydrogen) atoms. The van der Waals surface area contributed by atoms with Gasteiger partial charge in [0.2, 0.25) is 0 Å². The van der Waals surface area contributed by atoms with Crippen molar-refractivity contribution < 1.29 is 0 Å². The monoisotopic (exact) mass is 438 g/mol. The van der Waals surface area contributed by atoms with Crippen LogP contribution in [0.1, 0.15) is 71.4 Å². The first kappa shape index (κ1) is 18.3. The summed E-state index contributed by atoms with van der Waals surface area (Å²) in [6.45, 7) is 0. The van der Waals surface area contributed by atoms with Gasteiger partial charge < -0.3 is 0 Å². The Bertz CT molecular complexity index is 1010. The summed E-state index contributed by atoms with van der Waals surface area (Å²) < 4.78 is 0. The zero-order valence-corrected chi connectivity index (χ0v) is 18.3. The van der Waals surface area contributed by atoms with Crippen molar-refractivity contribution in [2.45, 2.75) is 43.4 Å². The molecule has 0 unspecified atom stereocenters. The van der Waals surface area contributed by atoms with Crippen molar-refractivity contribution in [1.82, 2.24) is 0 Å². The van der Waals surface area contributed by atoms with Crippen molar-refractivity contribution >= 4 is 34.8 Å². The average Bonchev–Trinajstić information content (AvgIpc) is 2.74. The highest BCUT2D eigenvalue weighted by atomic mass is 35.5. The Morgan fingerprint density at radius 1 is 0.586 bits per heavy atom. The Balaban J connectivity index is 1.82. The van der Waals surface area contributed by atoms with E-state index in [2.05, 4.69) is 36.4 Å². The molecule has 3 aromatic carbocycles. The molecule has 0 amide bonds. The van der Waals surface area contributed by atoms with Gasteiger partial charge in [0, 0.05) is 26.4 Å². The van der Waals surface area contributed by atoms with E-state index in [9.17, 15) is 0 Å². The van der Waals surface area contributed by atoms with E-state index in [-0.39, 0.29) is 11.3 Å². The smallest absolute Gasteiger partial charge is 0.0490 e. The van der Waals surface area contributed by atoms with Crippen molar-refractivity contribution in [3.8, 4) is 0 Å². The number of hydrogen-bond donors (Lipinski definition) is 0. The number of halogens is 3. The van der Waals surface area contributed by atoms with E-state index >= 15 is 0 Å². The molecule has 0 nitrogen and oxygen atoms in total. The molecular weight excluding hydrogens is 419 g/mol. The van der Waals surface area contributed by atoms with Gasteiger partial charge in [-0.05, 0) is 70.3 Å². The molecule has 0 radical (unpaired) electrons. The average molecular weight is 440 g/mol. The highest BCUT2D eigenvalue weighted by molar-refractivity contribution is 6.34. The lowest BCUT2D eigenvalue weighted by Gasteiger charge is -2.55. The van der Waals surface area contributed by atoms with E-state index < -0.39 is 0 Å². The summed E-state index contributed by atoms with van der Waals surface area (Å²) in [5.74, 6) is 0.515. The van der Waals surface area contributed by atoms with E-state index in [1.54, 1.807) is 0 Å². The predicted molar refractivity (Wildman–Crippen MR) is 122 cm³/mol. The van der Waals surface area contributed by atoms with Gasteiger partial charge in [-0.25, -0.2) is 0 Å². The van der Waals surface area contributed by atoms with Crippen LogP contribution < -0.4 is 0 Å². The van der Waals surface area contributed by atoms with Gasteiger partial charge in [0.25, 0.3) is 0 Å². The molecule has 7 rings (SSSR count). The highest BCUT2D eigenvalue weighted by Gasteiger charge is 2.56. The first-order valence-electron chi connectivity index (χ1n) is 10.5. The van der Waals surface area contributed by atoms with Crippen molar-refractivity contribution in [3.63, 3.8) is 0 Å². The van der Waals surface area contributed by atoms with Gasteiger partial charge in [-0.2, -0.15) is 0 Å². The minimum Gasteiger partial charge on any atom is -0.0840 e. The molecule has 146 valence electrons. The minimum absolute atomic E-state index is 0.00318. The van der Waals surface area contributed by atoms with Crippen LogP contribution in [0.3, 0.4) is 0 Å². The van der Waals surface area contributed by atoms with Crippen LogP contribution >= 0.6 is 34.8 Å². The summed E-state index contributed by atoms with van der Waals surface area (Å²) in [5, 5.41) is 2.47. The molecule has 4 aliphatic carbocycles. The van der Waals surface area contributed by atoms with Crippen LogP contribution in [0.5, 0.6) is 0 Å². The molecule has 4 aliphatic rings. The Hall–Kier alpha value is -1.47. The van der Waals surface area contributed by atoms with E-state index in [0.29, 0.717) is 5.92 Å². The van der Waals surface area contributed by atoms with Gasteiger partial charge in [0.05, 0.1) is 0 Å². The fraction of sp³-hybridized carbons (Fsp3) is 0.308. The van der Waals surface area contributed by atoms with E-state index in [0.717, 1.165) is 15.1 Å². The van der Waals surface area contributed by atoms with Crippen LogP contribution in [0.4, 0.5) is 0 Å². The summed E-state index contributed by atoms with van der Waals surface area (Å²) in [6, 6.07) is 19.3. The molecule has 1 saturated carbocycles. The van der Waals surface area contributed by atoms with Crippen molar-refractivity contribution in [1.29, 1.82) is 0 Å². The third-order valence-corrected chi connectivity index (χ3v) is 8.51. The van der Waals surface area contributed by atoms with Crippen LogP contribution in [0.15, 0.2) is 54.6 Å². The summed E-state index contributed by atoms with van der Waals surface area (Å²) >= 11 is 20.7. The van der Waals surface area contributed by atoms with Crippen molar-refractivity contribution in [3.05, 3.63) is 103 Å². The lowest BCUT2D eigenvalue weighted by molar-refractivity contribution is 0.259. The van der Waals surface area contributed by atoms with Gasteiger partial charge in [-0.1, -0.05) is 90.5 Å². The quantitative estimate of drug-likeness (QED) is 0.357. The van der Waals surface area contributed by atoms with Gasteiger partial charge in [0.15, 0.2) is 0 Å². The zero-order valence-electron chi connectivity index (χ0n) is 16.0. The van der Waals surface area contributed by atoms with Gasteiger partial charge >= 0.3 is 0 Å². The van der Waals surface area contributed by atoms with E-state index in [1.165, 1.54) is 65.5 Å². The van der Waals surface area contributed by atoms with Gasteiger partial charge in [-0.3, -0.25) is 0 Å². The predicted octanol–water partition coefficient (Wildman–Crippen LogP) is 8.37. The van der Waals surface area contributed by atoms with Gasteiger partial charge in [-0.15, -0.1) is 0 Å². The summed E-state index contributed by atoms with van der Waals surface area (Å²) in [6.07, 6.45) is 6.31. The fourth-order valence-electron chi connectivity index (χ4n) is 6.59. The van der Waals surface area contributed by atoms with Crippen LogP contribution in [-0.4, -0.2) is 0 Å². The topological polar surface area (TPSA) is 0 Å². The second-order valence-corrected chi connectivity index (χ2v) is 9.90.